The summed E-state index contributed by atoms with van der Waals surface area (Å²) in [6.45, 7) is 2.89. The largest absolute Gasteiger partial charge is 0.481 e. The smallest absolute Gasteiger partial charge is 0.305 e. The van der Waals surface area contributed by atoms with Gasteiger partial charge < -0.3 is 9.84 Å². The van der Waals surface area contributed by atoms with Crippen LogP contribution in [0.15, 0.2) is 0 Å². The monoisotopic (exact) mass is 257 g/mol. The van der Waals surface area contributed by atoms with Gasteiger partial charge in [0.1, 0.15) is 0 Å². The van der Waals surface area contributed by atoms with Gasteiger partial charge in [0.25, 0.3) is 0 Å². The predicted molar refractivity (Wildman–Crippen MR) is 71.8 cm³/mol. The van der Waals surface area contributed by atoms with E-state index >= 15 is 0 Å². The minimum atomic E-state index is -0.678. The summed E-state index contributed by atoms with van der Waals surface area (Å²) in [6.07, 6.45) is 6.76. The van der Waals surface area contributed by atoms with Crippen molar-refractivity contribution in [3.8, 4) is 0 Å². The van der Waals surface area contributed by atoms with Gasteiger partial charge in [-0.1, -0.05) is 19.3 Å². The highest BCUT2D eigenvalue weighted by atomic mass is 16.5. The summed E-state index contributed by atoms with van der Waals surface area (Å²) in [4.78, 5) is 13.5. The Morgan fingerprint density at radius 3 is 2.50 bits per heavy atom. The van der Waals surface area contributed by atoms with E-state index in [-0.39, 0.29) is 12.0 Å². The number of carboxylic acids is 1. The van der Waals surface area contributed by atoms with Crippen molar-refractivity contribution < 1.29 is 14.6 Å². The van der Waals surface area contributed by atoms with Gasteiger partial charge in [-0.2, -0.15) is 0 Å². The van der Waals surface area contributed by atoms with Crippen molar-refractivity contribution in [1.29, 1.82) is 0 Å². The van der Waals surface area contributed by atoms with E-state index in [1.165, 1.54) is 6.42 Å². The average molecular weight is 257 g/mol. The molecule has 0 heterocycles. The van der Waals surface area contributed by atoms with Gasteiger partial charge >= 0.3 is 5.97 Å². The maximum absolute atomic E-state index is 11.2. The van der Waals surface area contributed by atoms with Crippen LogP contribution < -0.4 is 0 Å². The van der Waals surface area contributed by atoms with Crippen molar-refractivity contribution >= 4 is 5.97 Å². The third kappa shape index (κ3) is 3.95. The van der Waals surface area contributed by atoms with Gasteiger partial charge in [0.05, 0.1) is 6.42 Å². The Hall–Kier alpha value is -0.610. The molecule has 0 spiro atoms. The average Bonchev–Trinajstić information content (AvgIpc) is 2.35. The molecule has 1 fully saturated rings. The maximum Gasteiger partial charge on any atom is 0.305 e. The van der Waals surface area contributed by atoms with Gasteiger partial charge in [0.15, 0.2) is 0 Å². The van der Waals surface area contributed by atoms with E-state index in [9.17, 15) is 9.90 Å². The molecule has 0 aromatic carbocycles. The van der Waals surface area contributed by atoms with Gasteiger partial charge in [-0.25, -0.2) is 0 Å². The fraction of sp³-hybridized carbons (Fsp3) is 0.929. The van der Waals surface area contributed by atoms with Crippen molar-refractivity contribution in [3.63, 3.8) is 0 Å². The highest BCUT2D eigenvalue weighted by molar-refractivity contribution is 5.68. The maximum atomic E-state index is 11.2. The second-order valence-electron chi connectivity index (χ2n) is 5.60. The molecule has 4 heteroatoms. The first-order chi connectivity index (χ1) is 8.52. The van der Waals surface area contributed by atoms with E-state index in [4.69, 9.17) is 4.74 Å². The van der Waals surface area contributed by atoms with Crippen LogP contribution in [0.25, 0.3) is 0 Å². The molecule has 0 aromatic heterocycles. The number of carbonyl (C=O) groups is 1. The lowest BCUT2D eigenvalue weighted by molar-refractivity contribution is -0.141. The lowest BCUT2D eigenvalue weighted by Crippen LogP contribution is -2.53. The second-order valence-corrected chi connectivity index (χ2v) is 5.60. The van der Waals surface area contributed by atoms with Gasteiger partial charge in [-0.3, -0.25) is 9.69 Å². The summed E-state index contributed by atoms with van der Waals surface area (Å²) < 4.78 is 5.12. The Morgan fingerprint density at radius 2 is 2.00 bits per heavy atom. The van der Waals surface area contributed by atoms with E-state index in [1.54, 1.807) is 7.11 Å². The summed E-state index contributed by atoms with van der Waals surface area (Å²) in [6, 6.07) is 0.363. The molecule has 0 radical (unpaired) electrons. The number of carboxylic acid groups (broad SMARTS) is 1. The molecule has 0 saturated heterocycles. The molecule has 1 N–H and O–H groups in total. The van der Waals surface area contributed by atoms with Crippen LogP contribution in [-0.2, 0) is 9.53 Å². The first-order valence-electron chi connectivity index (χ1n) is 6.95. The van der Waals surface area contributed by atoms with Crippen molar-refractivity contribution in [2.24, 2.45) is 0 Å². The number of nitrogens with zero attached hydrogens (tertiary/aromatic N) is 1. The van der Waals surface area contributed by atoms with Crippen LogP contribution in [0.3, 0.4) is 0 Å². The molecular formula is C14H27NO3. The zero-order chi connectivity index (χ0) is 13.6. The number of methoxy groups -OCH3 is 1. The number of aliphatic carboxylic acids is 1. The van der Waals surface area contributed by atoms with Gasteiger partial charge in [-0.05, 0) is 33.2 Å². The van der Waals surface area contributed by atoms with Crippen LogP contribution in [0.5, 0.6) is 0 Å². The predicted octanol–water partition coefficient (Wildman–Crippen LogP) is 2.52. The molecule has 1 unspecified atom stereocenters. The summed E-state index contributed by atoms with van der Waals surface area (Å²) in [5.74, 6) is -0.678. The summed E-state index contributed by atoms with van der Waals surface area (Å²) in [7, 11) is 3.79. The Balaban J connectivity index is 2.71. The highest BCUT2D eigenvalue weighted by Gasteiger charge is 2.39. The summed E-state index contributed by atoms with van der Waals surface area (Å²) >= 11 is 0. The molecule has 1 atom stereocenters. The third-order valence-corrected chi connectivity index (χ3v) is 4.41. The Morgan fingerprint density at radius 1 is 1.39 bits per heavy atom. The zero-order valence-electron chi connectivity index (χ0n) is 11.9. The number of hydrogen-bond acceptors (Lipinski definition) is 3. The van der Waals surface area contributed by atoms with Crippen LogP contribution in [0.2, 0.25) is 0 Å². The molecule has 4 nitrogen and oxygen atoms in total. The van der Waals surface area contributed by atoms with Crippen LogP contribution in [0, 0.1) is 0 Å². The van der Waals surface area contributed by atoms with Crippen LogP contribution in [0.4, 0.5) is 0 Å². The molecule has 0 aliphatic heterocycles. The topological polar surface area (TPSA) is 49.8 Å². The van der Waals surface area contributed by atoms with Crippen molar-refractivity contribution in [1.82, 2.24) is 4.90 Å². The van der Waals surface area contributed by atoms with E-state index in [2.05, 4.69) is 18.9 Å². The molecular weight excluding hydrogens is 230 g/mol. The van der Waals surface area contributed by atoms with Gasteiger partial charge in [-0.15, -0.1) is 0 Å². The first kappa shape index (κ1) is 15.4. The van der Waals surface area contributed by atoms with Gasteiger partial charge in [0, 0.05) is 25.3 Å². The highest BCUT2D eigenvalue weighted by Crippen LogP contribution is 2.37. The standard InChI is InChI=1S/C14H27NO3/c1-12(7-10-18-3)15(2)14(11-13(16)17)8-5-4-6-9-14/h12H,4-11H2,1-3H3,(H,16,17). The Bertz CT molecular complexity index is 262. The Kier molecular flexibility index (Phi) is 6.09. The SMILES string of the molecule is COCCC(C)N(C)C1(CC(=O)O)CCCCC1. The quantitative estimate of drug-likeness (QED) is 0.761. The fourth-order valence-electron chi connectivity index (χ4n) is 3.10. The van der Waals surface area contributed by atoms with E-state index in [1.807, 2.05) is 0 Å². The van der Waals surface area contributed by atoms with Crippen LogP contribution >= 0.6 is 0 Å². The first-order valence-corrected chi connectivity index (χ1v) is 6.95. The zero-order valence-corrected chi connectivity index (χ0v) is 11.9. The minimum absolute atomic E-state index is 0.142. The molecule has 1 rings (SSSR count). The molecule has 18 heavy (non-hydrogen) atoms. The summed E-state index contributed by atoms with van der Waals surface area (Å²) in [5.41, 5.74) is -0.142. The number of hydrogen-bond donors (Lipinski definition) is 1. The molecule has 1 aliphatic rings. The number of rotatable bonds is 7. The molecule has 0 amide bonds. The second kappa shape index (κ2) is 7.10. The lowest BCUT2D eigenvalue weighted by Gasteiger charge is -2.46. The molecule has 1 aliphatic carbocycles. The van der Waals surface area contributed by atoms with E-state index < -0.39 is 5.97 Å². The fourth-order valence-corrected chi connectivity index (χ4v) is 3.10. The van der Waals surface area contributed by atoms with E-state index in [0.29, 0.717) is 6.04 Å². The third-order valence-electron chi connectivity index (χ3n) is 4.41. The van der Waals surface area contributed by atoms with Crippen molar-refractivity contribution in [2.75, 3.05) is 20.8 Å². The molecule has 0 bridgehead atoms. The molecule has 106 valence electrons. The van der Waals surface area contributed by atoms with Crippen LogP contribution in [0.1, 0.15) is 51.9 Å². The van der Waals surface area contributed by atoms with E-state index in [0.717, 1.165) is 38.7 Å². The minimum Gasteiger partial charge on any atom is -0.481 e. The van der Waals surface area contributed by atoms with Crippen molar-refractivity contribution in [3.05, 3.63) is 0 Å². The molecule has 1 saturated carbocycles. The summed E-state index contributed by atoms with van der Waals surface area (Å²) in [5, 5.41) is 9.19. The Labute approximate surface area is 110 Å². The van der Waals surface area contributed by atoms with Gasteiger partial charge in [0.2, 0.25) is 0 Å². The normalized spacial score (nSPS) is 20.9. The van der Waals surface area contributed by atoms with Crippen molar-refractivity contribution in [2.45, 2.75) is 63.5 Å². The molecule has 0 aromatic rings. The number of ether oxygens (including phenoxy) is 1. The van der Waals surface area contributed by atoms with Crippen LogP contribution in [-0.4, -0.2) is 48.3 Å². The lowest BCUT2D eigenvalue weighted by atomic mass is 9.77.